The molecule has 2 aromatic carbocycles. The van der Waals surface area contributed by atoms with Gasteiger partial charge in [-0.05, 0) is 50.2 Å². The van der Waals surface area contributed by atoms with Gasteiger partial charge in [0.15, 0.2) is 18.1 Å². The molecule has 0 aliphatic carbocycles. The van der Waals surface area contributed by atoms with E-state index in [1.807, 2.05) is 36.4 Å². The average Bonchev–Trinajstić information content (AvgIpc) is 2.62. The lowest BCUT2D eigenvalue weighted by molar-refractivity contribution is -0.118. The molecule has 0 aromatic heterocycles. The number of amides is 1. The molecule has 0 aliphatic heterocycles. The van der Waals surface area contributed by atoms with Gasteiger partial charge in [0.1, 0.15) is 0 Å². The van der Waals surface area contributed by atoms with Crippen molar-refractivity contribution < 1.29 is 14.3 Å². The highest BCUT2D eigenvalue weighted by Gasteiger charge is 2.08. The first kappa shape index (κ1) is 17.7. The quantitative estimate of drug-likeness (QED) is 0.805. The Kier molecular flexibility index (Phi) is 6.49. The maximum atomic E-state index is 12.0. The summed E-state index contributed by atoms with van der Waals surface area (Å²) in [6.07, 6.45) is 0. The molecule has 0 saturated carbocycles. The second kappa shape index (κ2) is 8.82. The van der Waals surface area contributed by atoms with Gasteiger partial charge in [-0.25, -0.2) is 0 Å². The number of methoxy groups -OCH3 is 1. The van der Waals surface area contributed by atoms with Gasteiger partial charge in [-0.3, -0.25) is 4.79 Å². The van der Waals surface area contributed by atoms with Gasteiger partial charge in [0, 0.05) is 24.5 Å². The molecule has 2 aromatic rings. The van der Waals surface area contributed by atoms with Gasteiger partial charge in [0.2, 0.25) is 0 Å². The summed E-state index contributed by atoms with van der Waals surface area (Å²) >= 11 is 0. The Labute approximate surface area is 143 Å². The molecule has 0 bridgehead atoms. The standard InChI is InChI=1S/C19H24N2O3/c1-4-21(5-2)16-12-10-15(11-13-16)20-19(22)14-24-18-9-7-6-8-17(18)23-3/h6-13H,4-5,14H2,1-3H3,(H,20,22). The smallest absolute Gasteiger partial charge is 0.262 e. The topological polar surface area (TPSA) is 50.8 Å². The number of para-hydroxylation sites is 2. The summed E-state index contributed by atoms with van der Waals surface area (Å²) in [6.45, 7) is 6.07. The van der Waals surface area contributed by atoms with Crippen molar-refractivity contribution in [2.75, 3.05) is 37.0 Å². The largest absolute Gasteiger partial charge is 0.493 e. The number of nitrogens with one attached hydrogen (secondary N) is 1. The number of nitrogens with zero attached hydrogens (tertiary/aromatic N) is 1. The van der Waals surface area contributed by atoms with Crippen molar-refractivity contribution in [2.45, 2.75) is 13.8 Å². The molecular weight excluding hydrogens is 304 g/mol. The molecule has 128 valence electrons. The van der Waals surface area contributed by atoms with E-state index < -0.39 is 0 Å². The number of hydrogen-bond donors (Lipinski definition) is 1. The highest BCUT2D eigenvalue weighted by Crippen LogP contribution is 2.25. The number of anilines is 2. The molecule has 0 radical (unpaired) electrons. The van der Waals surface area contributed by atoms with Crippen LogP contribution in [0.1, 0.15) is 13.8 Å². The van der Waals surface area contributed by atoms with E-state index in [1.54, 1.807) is 19.2 Å². The second-order valence-corrected chi connectivity index (χ2v) is 5.21. The molecule has 5 heteroatoms. The van der Waals surface area contributed by atoms with E-state index in [0.29, 0.717) is 11.5 Å². The monoisotopic (exact) mass is 328 g/mol. The summed E-state index contributed by atoms with van der Waals surface area (Å²) in [6, 6.07) is 15.0. The van der Waals surface area contributed by atoms with Gasteiger partial charge >= 0.3 is 0 Å². The summed E-state index contributed by atoms with van der Waals surface area (Å²) in [7, 11) is 1.57. The van der Waals surface area contributed by atoms with Crippen LogP contribution in [0.4, 0.5) is 11.4 Å². The third kappa shape index (κ3) is 4.65. The maximum Gasteiger partial charge on any atom is 0.262 e. The Bertz CT molecular complexity index is 652. The Hall–Kier alpha value is -2.69. The van der Waals surface area contributed by atoms with Crippen LogP contribution in [0, 0.1) is 0 Å². The zero-order chi connectivity index (χ0) is 17.4. The van der Waals surface area contributed by atoms with Crippen LogP contribution in [-0.2, 0) is 4.79 Å². The number of benzene rings is 2. The maximum absolute atomic E-state index is 12.0. The van der Waals surface area contributed by atoms with Crippen molar-refractivity contribution in [3.63, 3.8) is 0 Å². The minimum absolute atomic E-state index is 0.0713. The molecule has 2 rings (SSSR count). The van der Waals surface area contributed by atoms with Gasteiger partial charge in [0.25, 0.3) is 5.91 Å². The first-order chi connectivity index (χ1) is 11.7. The lowest BCUT2D eigenvalue weighted by atomic mass is 10.2. The van der Waals surface area contributed by atoms with Gasteiger partial charge in [-0.1, -0.05) is 12.1 Å². The van der Waals surface area contributed by atoms with Crippen molar-refractivity contribution >= 4 is 17.3 Å². The van der Waals surface area contributed by atoms with Crippen LogP contribution in [0.25, 0.3) is 0 Å². The van der Waals surface area contributed by atoms with Gasteiger partial charge in [-0.15, -0.1) is 0 Å². The number of hydrogen-bond acceptors (Lipinski definition) is 4. The third-order valence-corrected chi connectivity index (χ3v) is 3.71. The van der Waals surface area contributed by atoms with Gasteiger partial charge in [0.05, 0.1) is 7.11 Å². The average molecular weight is 328 g/mol. The molecule has 0 atom stereocenters. The first-order valence-corrected chi connectivity index (χ1v) is 8.08. The van der Waals surface area contributed by atoms with Crippen molar-refractivity contribution in [2.24, 2.45) is 0 Å². The molecule has 24 heavy (non-hydrogen) atoms. The molecule has 0 aliphatic rings. The highest BCUT2D eigenvalue weighted by atomic mass is 16.5. The van der Waals surface area contributed by atoms with Crippen molar-refractivity contribution in [3.8, 4) is 11.5 Å². The number of carbonyl (C=O) groups excluding carboxylic acids is 1. The van der Waals surface area contributed by atoms with Crippen LogP contribution in [0.3, 0.4) is 0 Å². The van der Waals surface area contributed by atoms with Crippen molar-refractivity contribution in [1.29, 1.82) is 0 Å². The number of ether oxygens (including phenoxy) is 2. The predicted octanol–water partition coefficient (Wildman–Crippen LogP) is 3.56. The first-order valence-electron chi connectivity index (χ1n) is 8.08. The fourth-order valence-corrected chi connectivity index (χ4v) is 2.42. The fraction of sp³-hybridized carbons (Fsp3) is 0.316. The molecule has 0 fully saturated rings. The third-order valence-electron chi connectivity index (χ3n) is 3.71. The van der Waals surface area contributed by atoms with Crippen molar-refractivity contribution in [3.05, 3.63) is 48.5 Å². The van der Waals surface area contributed by atoms with Crippen LogP contribution in [0.2, 0.25) is 0 Å². The minimum Gasteiger partial charge on any atom is -0.493 e. The lowest BCUT2D eigenvalue weighted by Gasteiger charge is -2.21. The number of rotatable bonds is 8. The van der Waals surface area contributed by atoms with E-state index in [0.717, 1.165) is 24.5 Å². The van der Waals surface area contributed by atoms with E-state index in [-0.39, 0.29) is 12.5 Å². The fourth-order valence-electron chi connectivity index (χ4n) is 2.42. The zero-order valence-electron chi connectivity index (χ0n) is 14.4. The highest BCUT2D eigenvalue weighted by molar-refractivity contribution is 5.92. The van der Waals surface area contributed by atoms with E-state index >= 15 is 0 Å². The molecular formula is C19H24N2O3. The van der Waals surface area contributed by atoms with Crippen LogP contribution in [-0.4, -0.2) is 32.7 Å². The van der Waals surface area contributed by atoms with E-state index in [2.05, 4.69) is 24.1 Å². The molecule has 0 unspecified atom stereocenters. The number of carbonyl (C=O) groups is 1. The van der Waals surface area contributed by atoms with Crippen LogP contribution >= 0.6 is 0 Å². The molecule has 0 spiro atoms. The molecule has 1 N–H and O–H groups in total. The predicted molar refractivity (Wildman–Crippen MR) is 97.1 cm³/mol. The van der Waals surface area contributed by atoms with E-state index in [4.69, 9.17) is 9.47 Å². The van der Waals surface area contributed by atoms with Crippen LogP contribution in [0.5, 0.6) is 11.5 Å². The summed E-state index contributed by atoms with van der Waals surface area (Å²) in [5.41, 5.74) is 1.89. The van der Waals surface area contributed by atoms with E-state index in [1.165, 1.54) is 0 Å². The summed E-state index contributed by atoms with van der Waals surface area (Å²) in [5, 5.41) is 2.83. The summed E-state index contributed by atoms with van der Waals surface area (Å²) < 4.78 is 10.7. The van der Waals surface area contributed by atoms with Gasteiger partial charge < -0.3 is 19.7 Å². The molecule has 5 nitrogen and oxygen atoms in total. The molecule has 1 amide bonds. The Morgan fingerprint density at radius 2 is 1.62 bits per heavy atom. The Morgan fingerprint density at radius 1 is 1.00 bits per heavy atom. The second-order valence-electron chi connectivity index (χ2n) is 5.21. The van der Waals surface area contributed by atoms with Gasteiger partial charge in [-0.2, -0.15) is 0 Å². The van der Waals surface area contributed by atoms with Crippen molar-refractivity contribution in [1.82, 2.24) is 0 Å². The Morgan fingerprint density at radius 3 is 2.21 bits per heavy atom. The lowest BCUT2D eigenvalue weighted by Crippen LogP contribution is -2.22. The summed E-state index contributed by atoms with van der Waals surface area (Å²) in [5.74, 6) is 0.942. The Balaban J connectivity index is 1.90. The summed E-state index contributed by atoms with van der Waals surface area (Å²) in [4.78, 5) is 14.3. The van der Waals surface area contributed by atoms with Crippen LogP contribution in [0.15, 0.2) is 48.5 Å². The molecule has 0 saturated heterocycles. The van der Waals surface area contributed by atoms with E-state index in [9.17, 15) is 4.79 Å². The van der Waals surface area contributed by atoms with Crippen LogP contribution < -0.4 is 19.7 Å². The normalized spacial score (nSPS) is 10.1. The zero-order valence-corrected chi connectivity index (χ0v) is 14.4. The molecule has 0 heterocycles. The minimum atomic E-state index is -0.212. The SMILES string of the molecule is CCN(CC)c1ccc(NC(=O)COc2ccccc2OC)cc1.